The van der Waals surface area contributed by atoms with E-state index in [-0.39, 0.29) is 0 Å². The molecule has 110 valence electrons. The summed E-state index contributed by atoms with van der Waals surface area (Å²) in [6.45, 7) is 7.51. The maximum Gasteiger partial charge on any atom is 0.106 e. The Bertz CT molecular complexity index is 524. The summed E-state index contributed by atoms with van der Waals surface area (Å²) < 4.78 is 0. The topological polar surface area (TPSA) is 80.9 Å². The van der Waals surface area contributed by atoms with Gasteiger partial charge < -0.3 is 20.4 Å². The quantitative estimate of drug-likeness (QED) is 0.572. The minimum absolute atomic E-state index is 0.568. The zero-order chi connectivity index (χ0) is 15.0. The molecule has 1 aromatic rings. The van der Waals surface area contributed by atoms with Crippen LogP contribution < -0.4 is 0 Å². The van der Waals surface area contributed by atoms with Crippen LogP contribution in [-0.2, 0) is 10.8 Å². The fourth-order valence-electron chi connectivity index (χ4n) is 3.69. The molecular formula is C16H22O4. The van der Waals surface area contributed by atoms with Gasteiger partial charge in [0.25, 0.3) is 0 Å². The van der Waals surface area contributed by atoms with E-state index < -0.39 is 35.2 Å². The van der Waals surface area contributed by atoms with Gasteiger partial charge >= 0.3 is 0 Å². The summed E-state index contributed by atoms with van der Waals surface area (Å²) in [6.07, 6.45) is -3.55. The van der Waals surface area contributed by atoms with E-state index in [1.807, 2.05) is 39.8 Å². The molecule has 20 heavy (non-hydrogen) atoms. The largest absolute Gasteiger partial charge is 0.389 e. The predicted molar refractivity (Wildman–Crippen MR) is 74.4 cm³/mol. The van der Waals surface area contributed by atoms with E-state index in [9.17, 15) is 20.4 Å². The molecule has 1 aromatic carbocycles. The van der Waals surface area contributed by atoms with Crippen LogP contribution in [-0.4, -0.2) is 32.6 Å². The lowest BCUT2D eigenvalue weighted by molar-refractivity contribution is -0.00741. The third-order valence-corrected chi connectivity index (χ3v) is 5.32. The van der Waals surface area contributed by atoms with Crippen molar-refractivity contribution in [2.24, 2.45) is 0 Å². The van der Waals surface area contributed by atoms with Crippen LogP contribution in [0.25, 0.3) is 0 Å². The fourth-order valence-corrected chi connectivity index (χ4v) is 3.69. The molecule has 0 aliphatic heterocycles. The van der Waals surface area contributed by atoms with E-state index in [0.29, 0.717) is 11.1 Å². The Morgan fingerprint density at radius 1 is 0.700 bits per heavy atom. The normalized spacial score (nSPS) is 36.8. The van der Waals surface area contributed by atoms with Crippen molar-refractivity contribution in [3.8, 4) is 0 Å². The van der Waals surface area contributed by atoms with E-state index in [0.717, 1.165) is 11.1 Å². The molecule has 4 atom stereocenters. The highest BCUT2D eigenvalue weighted by Crippen LogP contribution is 2.51. The second-order valence-electron chi connectivity index (χ2n) is 7.25. The highest BCUT2D eigenvalue weighted by molar-refractivity contribution is 5.53. The smallest absolute Gasteiger partial charge is 0.106 e. The molecule has 0 fully saturated rings. The van der Waals surface area contributed by atoms with Crippen molar-refractivity contribution in [2.45, 2.75) is 62.9 Å². The van der Waals surface area contributed by atoms with Gasteiger partial charge in [-0.3, -0.25) is 0 Å². The SMILES string of the molecule is CC1(C)c2cc3c(cc2[C@@H](O)[C@H]1O)C(C)(C)[C@H](O)[C@@H]3O. The molecule has 0 radical (unpaired) electrons. The molecule has 2 aliphatic carbocycles. The molecule has 0 spiro atoms. The first-order chi connectivity index (χ1) is 9.10. The van der Waals surface area contributed by atoms with Crippen LogP contribution in [0.2, 0.25) is 0 Å². The van der Waals surface area contributed by atoms with Crippen molar-refractivity contribution in [2.75, 3.05) is 0 Å². The van der Waals surface area contributed by atoms with Gasteiger partial charge in [-0.05, 0) is 22.3 Å². The highest BCUT2D eigenvalue weighted by atomic mass is 16.3. The molecule has 3 rings (SSSR count). The summed E-state index contributed by atoms with van der Waals surface area (Å²) in [5, 5.41) is 40.9. The predicted octanol–water partition coefficient (Wildman–Crippen LogP) is 1.06. The van der Waals surface area contributed by atoms with E-state index in [1.165, 1.54) is 0 Å². The van der Waals surface area contributed by atoms with E-state index >= 15 is 0 Å². The Balaban J connectivity index is 2.26. The number of fused-ring (bicyclic) bond motifs is 2. The van der Waals surface area contributed by atoms with Crippen molar-refractivity contribution < 1.29 is 20.4 Å². The third-order valence-electron chi connectivity index (χ3n) is 5.32. The summed E-state index contributed by atoms with van der Waals surface area (Å²) in [4.78, 5) is 0. The van der Waals surface area contributed by atoms with Gasteiger partial charge in [0.1, 0.15) is 12.2 Å². The summed E-state index contributed by atoms with van der Waals surface area (Å²) in [5.74, 6) is 0. The van der Waals surface area contributed by atoms with Crippen LogP contribution >= 0.6 is 0 Å². The van der Waals surface area contributed by atoms with Crippen molar-refractivity contribution >= 4 is 0 Å². The Hall–Kier alpha value is -0.940. The molecule has 4 heteroatoms. The van der Waals surface area contributed by atoms with Crippen LogP contribution in [0, 0.1) is 0 Å². The minimum Gasteiger partial charge on any atom is -0.389 e. The minimum atomic E-state index is -0.920. The molecule has 2 aliphatic rings. The van der Waals surface area contributed by atoms with Crippen LogP contribution in [0.5, 0.6) is 0 Å². The molecule has 0 bridgehead atoms. The summed E-state index contributed by atoms with van der Waals surface area (Å²) in [6, 6.07) is 3.68. The Morgan fingerprint density at radius 3 is 1.30 bits per heavy atom. The highest BCUT2D eigenvalue weighted by Gasteiger charge is 2.50. The van der Waals surface area contributed by atoms with E-state index in [1.54, 1.807) is 0 Å². The first-order valence-corrected chi connectivity index (χ1v) is 7.01. The van der Waals surface area contributed by atoms with Crippen molar-refractivity contribution in [1.29, 1.82) is 0 Å². The lowest BCUT2D eigenvalue weighted by Gasteiger charge is -2.25. The standard InChI is InChI=1S/C16H22O4/c1-15(2)9-5-8-10(6-7(9)11(17)13(15)19)16(3,4)14(20)12(8)18/h5-6,11-14,17-20H,1-4H3/t11-,12-,13-,14-/m1/s1. The number of rotatable bonds is 0. The molecule has 4 N–H and O–H groups in total. The third kappa shape index (κ3) is 1.45. The molecule has 4 nitrogen and oxygen atoms in total. The number of aliphatic hydroxyl groups excluding tert-OH is 4. The number of hydrogen-bond donors (Lipinski definition) is 4. The lowest BCUT2D eigenvalue weighted by Crippen LogP contribution is -2.31. The average Bonchev–Trinajstić information content (AvgIpc) is 2.67. The molecule has 0 unspecified atom stereocenters. The molecule has 0 heterocycles. The maximum atomic E-state index is 10.2. The summed E-state index contributed by atoms with van der Waals surface area (Å²) in [7, 11) is 0. The van der Waals surface area contributed by atoms with Gasteiger partial charge in [-0.25, -0.2) is 0 Å². The fraction of sp³-hybridized carbons (Fsp3) is 0.625. The van der Waals surface area contributed by atoms with Gasteiger partial charge in [0, 0.05) is 10.8 Å². The zero-order valence-electron chi connectivity index (χ0n) is 12.3. The summed E-state index contributed by atoms with van der Waals surface area (Å²) in [5.41, 5.74) is 1.97. The molecule has 0 saturated carbocycles. The number of benzene rings is 1. The molecule has 0 saturated heterocycles. The van der Waals surface area contributed by atoms with E-state index in [4.69, 9.17) is 0 Å². The van der Waals surface area contributed by atoms with Gasteiger partial charge in [-0.15, -0.1) is 0 Å². The van der Waals surface area contributed by atoms with Gasteiger partial charge in [-0.1, -0.05) is 39.8 Å². The Kier molecular flexibility index (Phi) is 2.68. The first-order valence-electron chi connectivity index (χ1n) is 7.01. The van der Waals surface area contributed by atoms with Crippen LogP contribution in [0.4, 0.5) is 0 Å². The maximum absolute atomic E-state index is 10.2. The van der Waals surface area contributed by atoms with E-state index in [2.05, 4.69) is 0 Å². The second-order valence-corrected chi connectivity index (χ2v) is 7.25. The van der Waals surface area contributed by atoms with Crippen LogP contribution in [0.15, 0.2) is 12.1 Å². The van der Waals surface area contributed by atoms with Gasteiger partial charge in [0.15, 0.2) is 0 Å². The lowest BCUT2D eigenvalue weighted by atomic mass is 9.81. The summed E-state index contributed by atoms with van der Waals surface area (Å²) >= 11 is 0. The Morgan fingerprint density at radius 2 is 1.00 bits per heavy atom. The van der Waals surface area contributed by atoms with Gasteiger partial charge in [0.2, 0.25) is 0 Å². The van der Waals surface area contributed by atoms with Crippen molar-refractivity contribution in [3.63, 3.8) is 0 Å². The first kappa shape index (κ1) is 14.0. The van der Waals surface area contributed by atoms with Gasteiger partial charge in [0.05, 0.1) is 12.2 Å². The van der Waals surface area contributed by atoms with Crippen LogP contribution in [0.1, 0.15) is 62.2 Å². The molecule has 0 aromatic heterocycles. The second kappa shape index (κ2) is 3.83. The van der Waals surface area contributed by atoms with Gasteiger partial charge in [-0.2, -0.15) is 0 Å². The molecule has 0 amide bonds. The Labute approximate surface area is 118 Å². The molecular weight excluding hydrogens is 256 g/mol. The number of aliphatic hydroxyl groups is 4. The number of hydrogen-bond acceptors (Lipinski definition) is 4. The monoisotopic (exact) mass is 278 g/mol. The van der Waals surface area contributed by atoms with Crippen LogP contribution in [0.3, 0.4) is 0 Å². The average molecular weight is 278 g/mol. The van der Waals surface area contributed by atoms with Crippen molar-refractivity contribution in [1.82, 2.24) is 0 Å². The zero-order valence-corrected chi connectivity index (χ0v) is 12.3. The van der Waals surface area contributed by atoms with Crippen molar-refractivity contribution in [3.05, 3.63) is 34.4 Å².